The number of hydrogen-bond donors (Lipinski definition) is 1. The van der Waals surface area contributed by atoms with E-state index in [0.29, 0.717) is 6.61 Å². The zero-order chi connectivity index (χ0) is 6.24. The Labute approximate surface area is 51.7 Å². The van der Waals surface area contributed by atoms with Crippen molar-refractivity contribution >= 4 is 0 Å². The second-order valence-electron chi connectivity index (χ2n) is 1.92. The van der Waals surface area contributed by atoms with Gasteiger partial charge in [0.25, 0.3) is 0 Å². The predicted octanol–water partition coefficient (Wildman–Crippen LogP) is 1.76. The Morgan fingerprint density at radius 2 is 2.12 bits per heavy atom. The molecule has 49 valence electrons. The van der Waals surface area contributed by atoms with Gasteiger partial charge in [0.05, 0.1) is 0 Å². The van der Waals surface area contributed by atoms with Crippen LogP contribution in [0.1, 0.15) is 32.6 Å². The van der Waals surface area contributed by atoms with E-state index < -0.39 is 0 Å². The highest BCUT2D eigenvalue weighted by atomic mass is 16.2. The van der Waals surface area contributed by atoms with E-state index in [1.54, 1.807) is 0 Å². The molecule has 0 atom stereocenters. The summed E-state index contributed by atoms with van der Waals surface area (Å²) in [6.07, 6.45) is 6.67. The molecule has 1 nitrogen and oxygen atoms in total. The highest BCUT2D eigenvalue weighted by Crippen LogP contribution is 1.99. The first kappa shape index (κ1) is 7.96. The van der Waals surface area contributed by atoms with E-state index in [-0.39, 0.29) is 0 Å². The molecule has 0 aliphatic rings. The molecular weight excluding hydrogens is 100 g/mol. The molecule has 0 amide bonds. The van der Waals surface area contributed by atoms with E-state index in [9.17, 15) is 0 Å². The van der Waals surface area contributed by atoms with Crippen LogP contribution in [0, 0.1) is 6.42 Å². The first-order chi connectivity index (χ1) is 3.91. The van der Waals surface area contributed by atoms with E-state index in [2.05, 4.69) is 13.3 Å². The van der Waals surface area contributed by atoms with Gasteiger partial charge in [-0.3, -0.25) is 0 Å². The third-order valence-electron chi connectivity index (χ3n) is 1.11. The van der Waals surface area contributed by atoms with Gasteiger partial charge in [-0.1, -0.05) is 26.2 Å². The van der Waals surface area contributed by atoms with Gasteiger partial charge in [0, 0.05) is 6.61 Å². The summed E-state index contributed by atoms with van der Waals surface area (Å²) in [5.74, 6) is 0. The summed E-state index contributed by atoms with van der Waals surface area (Å²) in [5.41, 5.74) is 0. The van der Waals surface area contributed by atoms with Gasteiger partial charge in [0.2, 0.25) is 0 Å². The van der Waals surface area contributed by atoms with Crippen molar-refractivity contribution in [1.29, 1.82) is 0 Å². The van der Waals surface area contributed by atoms with E-state index in [1.807, 2.05) is 0 Å². The van der Waals surface area contributed by atoms with Crippen LogP contribution in [0.3, 0.4) is 0 Å². The molecule has 0 spiro atoms. The van der Waals surface area contributed by atoms with Crippen molar-refractivity contribution in [3.8, 4) is 0 Å². The SMILES string of the molecule is CC[CH]CCCCO. The molecule has 0 aliphatic heterocycles. The fourth-order valence-electron chi connectivity index (χ4n) is 0.605. The summed E-state index contributed by atoms with van der Waals surface area (Å²) < 4.78 is 0. The summed E-state index contributed by atoms with van der Waals surface area (Å²) in [5, 5.41) is 8.35. The lowest BCUT2D eigenvalue weighted by atomic mass is 10.2. The van der Waals surface area contributed by atoms with E-state index >= 15 is 0 Å². The minimum absolute atomic E-state index is 0.345. The molecule has 0 heterocycles. The number of aliphatic hydroxyl groups is 1. The van der Waals surface area contributed by atoms with E-state index in [1.165, 1.54) is 0 Å². The lowest BCUT2D eigenvalue weighted by Gasteiger charge is -1.93. The predicted molar refractivity (Wildman–Crippen MR) is 35.5 cm³/mol. The van der Waals surface area contributed by atoms with Gasteiger partial charge in [-0.25, -0.2) is 0 Å². The fourth-order valence-corrected chi connectivity index (χ4v) is 0.605. The Balaban J connectivity index is 2.53. The van der Waals surface area contributed by atoms with Crippen LogP contribution in [0.5, 0.6) is 0 Å². The summed E-state index contributed by atoms with van der Waals surface area (Å²) in [4.78, 5) is 0. The zero-order valence-electron chi connectivity index (χ0n) is 5.56. The summed E-state index contributed by atoms with van der Waals surface area (Å²) in [6.45, 7) is 2.48. The van der Waals surface area contributed by atoms with Crippen LogP contribution >= 0.6 is 0 Å². The van der Waals surface area contributed by atoms with Crippen molar-refractivity contribution in [2.75, 3.05) is 6.61 Å². The normalized spacial score (nSPS) is 9.75. The first-order valence-corrected chi connectivity index (χ1v) is 3.34. The highest BCUT2D eigenvalue weighted by molar-refractivity contribution is 4.59. The van der Waals surface area contributed by atoms with Gasteiger partial charge in [-0.2, -0.15) is 0 Å². The smallest absolute Gasteiger partial charge is 0.0431 e. The van der Waals surface area contributed by atoms with Crippen LogP contribution in [-0.2, 0) is 0 Å². The minimum Gasteiger partial charge on any atom is -0.396 e. The van der Waals surface area contributed by atoms with Crippen LogP contribution in [0.25, 0.3) is 0 Å². The van der Waals surface area contributed by atoms with E-state index in [0.717, 1.165) is 25.7 Å². The first-order valence-electron chi connectivity index (χ1n) is 3.34. The fraction of sp³-hybridized carbons (Fsp3) is 0.857. The van der Waals surface area contributed by atoms with Gasteiger partial charge in [0.15, 0.2) is 0 Å². The van der Waals surface area contributed by atoms with Gasteiger partial charge < -0.3 is 5.11 Å². The maximum absolute atomic E-state index is 8.35. The molecular formula is C7H15O. The molecule has 0 aromatic rings. The van der Waals surface area contributed by atoms with Crippen LogP contribution in [0.2, 0.25) is 0 Å². The molecule has 8 heavy (non-hydrogen) atoms. The molecule has 0 bridgehead atoms. The second kappa shape index (κ2) is 6.96. The third kappa shape index (κ3) is 5.96. The Kier molecular flexibility index (Phi) is 6.93. The molecule has 0 aromatic carbocycles. The summed E-state index contributed by atoms with van der Waals surface area (Å²) in [6, 6.07) is 0. The van der Waals surface area contributed by atoms with Crippen molar-refractivity contribution < 1.29 is 5.11 Å². The van der Waals surface area contributed by atoms with Crippen molar-refractivity contribution in [1.82, 2.24) is 0 Å². The molecule has 0 saturated heterocycles. The van der Waals surface area contributed by atoms with Gasteiger partial charge in [-0.15, -0.1) is 0 Å². The molecule has 0 fully saturated rings. The Morgan fingerprint density at radius 3 is 2.62 bits per heavy atom. The van der Waals surface area contributed by atoms with Gasteiger partial charge >= 0.3 is 0 Å². The van der Waals surface area contributed by atoms with Gasteiger partial charge in [-0.05, 0) is 12.8 Å². The average molecular weight is 115 g/mol. The zero-order valence-corrected chi connectivity index (χ0v) is 5.56. The van der Waals surface area contributed by atoms with Crippen molar-refractivity contribution in [3.05, 3.63) is 6.42 Å². The molecule has 1 radical (unpaired) electrons. The third-order valence-corrected chi connectivity index (χ3v) is 1.11. The Hall–Kier alpha value is -0.0400. The molecule has 0 saturated carbocycles. The van der Waals surface area contributed by atoms with Crippen LogP contribution in [-0.4, -0.2) is 11.7 Å². The highest BCUT2D eigenvalue weighted by Gasteiger charge is 1.84. The van der Waals surface area contributed by atoms with E-state index in [4.69, 9.17) is 5.11 Å². The van der Waals surface area contributed by atoms with Crippen LogP contribution < -0.4 is 0 Å². The monoisotopic (exact) mass is 115 g/mol. The van der Waals surface area contributed by atoms with Crippen molar-refractivity contribution in [2.45, 2.75) is 32.6 Å². The maximum Gasteiger partial charge on any atom is 0.0431 e. The quantitative estimate of drug-likeness (QED) is 0.541. The minimum atomic E-state index is 0.345. The van der Waals surface area contributed by atoms with Crippen molar-refractivity contribution in [2.24, 2.45) is 0 Å². The number of unbranched alkanes of at least 4 members (excludes halogenated alkanes) is 4. The second-order valence-corrected chi connectivity index (χ2v) is 1.92. The van der Waals surface area contributed by atoms with Crippen LogP contribution in [0.4, 0.5) is 0 Å². The number of rotatable bonds is 5. The Morgan fingerprint density at radius 1 is 1.38 bits per heavy atom. The number of hydrogen-bond acceptors (Lipinski definition) is 1. The topological polar surface area (TPSA) is 20.2 Å². The lowest BCUT2D eigenvalue weighted by Crippen LogP contribution is -1.82. The Bertz CT molecular complexity index is 29.4. The largest absolute Gasteiger partial charge is 0.396 e. The maximum atomic E-state index is 8.35. The summed E-state index contributed by atoms with van der Waals surface area (Å²) >= 11 is 0. The standard InChI is InChI=1S/C7H15O/c1-2-3-4-5-6-7-8/h3,8H,2,4-7H2,1H3. The number of aliphatic hydroxyl groups excluding tert-OH is 1. The molecule has 0 rings (SSSR count). The molecule has 1 heteroatoms. The molecule has 0 aliphatic carbocycles. The van der Waals surface area contributed by atoms with Crippen LogP contribution in [0.15, 0.2) is 0 Å². The van der Waals surface area contributed by atoms with Crippen molar-refractivity contribution in [3.63, 3.8) is 0 Å². The summed E-state index contributed by atoms with van der Waals surface area (Å²) in [7, 11) is 0. The molecule has 1 N–H and O–H groups in total. The van der Waals surface area contributed by atoms with Gasteiger partial charge in [0.1, 0.15) is 0 Å². The average Bonchev–Trinajstić information content (AvgIpc) is 1.81. The molecule has 0 aromatic heterocycles. The lowest BCUT2D eigenvalue weighted by molar-refractivity contribution is 0.284. The molecule has 0 unspecified atom stereocenters.